The predicted molar refractivity (Wildman–Crippen MR) is 165 cm³/mol. The zero-order valence-electron chi connectivity index (χ0n) is 24.5. The molecule has 0 saturated heterocycles. The molecule has 3 aromatic carbocycles. The summed E-state index contributed by atoms with van der Waals surface area (Å²) in [5, 5.41) is 10.4. The standard InChI is InChI=1S/C32H37Cl2NO8/c1-4-41-30(31(36)37)19-23-7-9-27(10-8-23)42-15-13-35(32(38)43-29-16-22(2)6-11-28(29)39-3)12-5-14-40-21-24-17-25(33)20-26(34)18-24/h6-11,16-18,20,30H,4-5,12-15,19,21H2,1-3H3,(H,36,37). The fourth-order valence-electron chi connectivity index (χ4n) is 4.19. The number of aliphatic carboxylic acids is 1. The maximum absolute atomic E-state index is 13.2. The Labute approximate surface area is 262 Å². The average molecular weight is 635 g/mol. The first-order chi connectivity index (χ1) is 20.7. The number of rotatable bonds is 17. The summed E-state index contributed by atoms with van der Waals surface area (Å²) in [6, 6.07) is 17.7. The van der Waals surface area contributed by atoms with Gasteiger partial charge in [-0.05, 0) is 79.4 Å². The number of carboxylic acids is 1. The zero-order chi connectivity index (χ0) is 31.2. The molecule has 11 heteroatoms. The minimum Gasteiger partial charge on any atom is -0.493 e. The molecule has 9 nitrogen and oxygen atoms in total. The van der Waals surface area contributed by atoms with Crippen LogP contribution in [0.3, 0.4) is 0 Å². The van der Waals surface area contributed by atoms with Gasteiger partial charge in [-0.3, -0.25) is 0 Å². The molecule has 0 aliphatic heterocycles. The Morgan fingerprint density at radius 3 is 2.28 bits per heavy atom. The SMILES string of the molecule is CCOC(Cc1ccc(OCCN(CCCOCc2cc(Cl)cc(Cl)c2)C(=O)Oc2cc(C)ccc2OC)cc1)C(=O)O. The van der Waals surface area contributed by atoms with E-state index in [1.807, 2.05) is 13.0 Å². The van der Waals surface area contributed by atoms with Crippen molar-refractivity contribution in [3.8, 4) is 17.2 Å². The molecule has 0 fully saturated rings. The lowest BCUT2D eigenvalue weighted by Crippen LogP contribution is -2.38. The molecule has 0 aliphatic carbocycles. The van der Waals surface area contributed by atoms with Gasteiger partial charge in [0.25, 0.3) is 0 Å². The van der Waals surface area contributed by atoms with Crippen molar-refractivity contribution in [3.05, 3.63) is 87.4 Å². The summed E-state index contributed by atoms with van der Waals surface area (Å²) in [5.74, 6) is 0.365. The maximum atomic E-state index is 13.2. The van der Waals surface area contributed by atoms with Crippen LogP contribution in [0.2, 0.25) is 10.0 Å². The number of amides is 1. The molecule has 1 unspecified atom stereocenters. The van der Waals surface area contributed by atoms with Crippen LogP contribution in [0.4, 0.5) is 4.79 Å². The summed E-state index contributed by atoms with van der Waals surface area (Å²) in [4.78, 5) is 26.1. The molecule has 0 radical (unpaired) electrons. The van der Waals surface area contributed by atoms with Crippen molar-refractivity contribution in [1.82, 2.24) is 4.90 Å². The number of benzene rings is 3. The van der Waals surface area contributed by atoms with E-state index in [-0.39, 0.29) is 19.6 Å². The van der Waals surface area contributed by atoms with E-state index in [9.17, 15) is 14.7 Å². The van der Waals surface area contributed by atoms with E-state index in [2.05, 4.69) is 0 Å². The molecule has 0 spiro atoms. The number of aryl methyl sites for hydroxylation is 1. The van der Waals surface area contributed by atoms with Crippen molar-refractivity contribution in [2.75, 3.05) is 40.0 Å². The Balaban J connectivity index is 1.58. The Morgan fingerprint density at radius 2 is 1.63 bits per heavy atom. The van der Waals surface area contributed by atoms with Crippen LogP contribution in [0.1, 0.15) is 30.0 Å². The van der Waals surface area contributed by atoms with Crippen LogP contribution in [0.5, 0.6) is 17.2 Å². The smallest absolute Gasteiger partial charge is 0.415 e. The predicted octanol–water partition coefficient (Wildman–Crippen LogP) is 6.83. The number of halogens is 2. The number of nitrogens with zero attached hydrogens (tertiary/aromatic N) is 1. The molecule has 3 rings (SSSR count). The molecule has 1 amide bonds. The second-order valence-electron chi connectivity index (χ2n) is 9.67. The maximum Gasteiger partial charge on any atom is 0.415 e. The Hall–Kier alpha value is -3.50. The van der Waals surface area contributed by atoms with Crippen molar-refractivity contribution in [2.45, 2.75) is 39.4 Å². The van der Waals surface area contributed by atoms with Crippen LogP contribution in [0.25, 0.3) is 0 Å². The highest BCUT2D eigenvalue weighted by Gasteiger charge is 2.19. The summed E-state index contributed by atoms with van der Waals surface area (Å²) in [6.07, 6.45) is -0.651. The van der Waals surface area contributed by atoms with Crippen LogP contribution in [0.15, 0.2) is 60.7 Å². The summed E-state index contributed by atoms with van der Waals surface area (Å²) < 4.78 is 28.0. The highest BCUT2D eigenvalue weighted by molar-refractivity contribution is 6.34. The van der Waals surface area contributed by atoms with Crippen molar-refractivity contribution < 1.29 is 38.4 Å². The minimum absolute atomic E-state index is 0.206. The molecule has 0 aromatic heterocycles. The fourth-order valence-corrected chi connectivity index (χ4v) is 4.76. The van der Waals surface area contributed by atoms with Crippen molar-refractivity contribution in [2.24, 2.45) is 0 Å². The van der Waals surface area contributed by atoms with Crippen LogP contribution in [0, 0.1) is 6.92 Å². The lowest BCUT2D eigenvalue weighted by Gasteiger charge is -2.23. The molecule has 0 bridgehead atoms. The van der Waals surface area contributed by atoms with Gasteiger partial charge in [-0.25, -0.2) is 9.59 Å². The lowest BCUT2D eigenvalue weighted by molar-refractivity contribution is -0.149. The van der Waals surface area contributed by atoms with E-state index in [0.29, 0.717) is 60.1 Å². The third-order valence-electron chi connectivity index (χ3n) is 6.30. The summed E-state index contributed by atoms with van der Waals surface area (Å²) >= 11 is 12.1. The zero-order valence-corrected chi connectivity index (χ0v) is 26.0. The number of methoxy groups -OCH3 is 1. The first-order valence-corrected chi connectivity index (χ1v) is 14.6. The fraction of sp³-hybridized carbons (Fsp3) is 0.375. The van der Waals surface area contributed by atoms with Crippen LogP contribution < -0.4 is 14.2 Å². The Morgan fingerprint density at radius 1 is 0.907 bits per heavy atom. The average Bonchev–Trinajstić information content (AvgIpc) is 2.96. The van der Waals surface area contributed by atoms with Crippen LogP contribution >= 0.6 is 23.2 Å². The van der Waals surface area contributed by atoms with E-state index >= 15 is 0 Å². The largest absolute Gasteiger partial charge is 0.493 e. The molecular weight excluding hydrogens is 597 g/mol. The van der Waals surface area contributed by atoms with Gasteiger partial charge in [0.1, 0.15) is 12.4 Å². The Kier molecular flexibility index (Phi) is 13.9. The molecule has 1 N–H and O–H groups in total. The van der Waals surface area contributed by atoms with Crippen LogP contribution in [-0.4, -0.2) is 68.2 Å². The summed E-state index contributed by atoms with van der Waals surface area (Å²) in [6.45, 7) is 5.52. The number of carbonyl (C=O) groups excluding carboxylic acids is 1. The number of hydrogen-bond donors (Lipinski definition) is 1. The number of ether oxygens (including phenoxy) is 5. The molecule has 3 aromatic rings. The van der Waals surface area contributed by atoms with Gasteiger partial charge < -0.3 is 33.7 Å². The molecule has 0 heterocycles. The second kappa shape index (κ2) is 17.6. The van der Waals surface area contributed by atoms with Gasteiger partial charge in [0.05, 0.1) is 20.3 Å². The molecule has 0 saturated carbocycles. The Bertz CT molecular complexity index is 1320. The van der Waals surface area contributed by atoms with E-state index in [1.165, 1.54) is 7.11 Å². The third kappa shape index (κ3) is 11.6. The molecule has 1 atom stereocenters. The lowest BCUT2D eigenvalue weighted by atomic mass is 10.1. The van der Waals surface area contributed by atoms with Gasteiger partial charge in [-0.2, -0.15) is 0 Å². The van der Waals surface area contributed by atoms with Crippen LogP contribution in [-0.2, 0) is 27.3 Å². The number of carboxylic acid groups (broad SMARTS) is 1. The van der Waals surface area contributed by atoms with Gasteiger partial charge >= 0.3 is 12.1 Å². The second-order valence-corrected chi connectivity index (χ2v) is 10.5. The van der Waals surface area contributed by atoms with Crippen molar-refractivity contribution in [1.29, 1.82) is 0 Å². The van der Waals surface area contributed by atoms with E-state index < -0.39 is 18.2 Å². The van der Waals surface area contributed by atoms with Gasteiger partial charge in [-0.15, -0.1) is 0 Å². The summed E-state index contributed by atoms with van der Waals surface area (Å²) in [7, 11) is 1.52. The van der Waals surface area contributed by atoms with E-state index in [1.54, 1.807) is 66.4 Å². The quantitative estimate of drug-likeness (QED) is 0.161. The van der Waals surface area contributed by atoms with Crippen molar-refractivity contribution in [3.63, 3.8) is 0 Å². The molecule has 232 valence electrons. The third-order valence-corrected chi connectivity index (χ3v) is 6.74. The van der Waals surface area contributed by atoms with Gasteiger partial charge in [0.15, 0.2) is 17.6 Å². The monoisotopic (exact) mass is 633 g/mol. The van der Waals surface area contributed by atoms with Crippen molar-refractivity contribution >= 4 is 35.3 Å². The molecular formula is C32H37Cl2NO8. The molecule has 43 heavy (non-hydrogen) atoms. The van der Waals surface area contributed by atoms with Gasteiger partial charge in [-0.1, -0.05) is 41.4 Å². The van der Waals surface area contributed by atoms with Gasteiger partial charge in [0, 0.05) is 36.2 Å². The molecule has 0 aliphatic rings. The number of carbonyl (C=O) groups is 2. The van der Waals surface area contributed by atoms with Gasteiger partial charge in [0.2, 0.25) is 0 Å². The normalized spacial score (nSPS) is 11.6. The van der Waals surface area contributed by atoms with E-state index in [0.717, 1.165) is 16.7 Å². The highest BCUT2D eigenvalue weighted by atomic mass is 35.5. The minimum atomic E-state index is -1.00. The van der Waals surface area contributed by atoms with E-state index in [4.69, 9.17) is 46.9 Å². The first kappa shape index (κ1) is 34.0. The topological polar surface area (TPSA) is 104 Å². The highest BCUT2D eigenvalue weighted by Crippen LogP contribution is 2.28. The summed E-state index contributed by atoms with van der Waals surface area (Å²) in [5.41, 5.74) is 2.59. The number of hydrogen-bond acceptors (Lipinski definition) is 7. The first-order valence-electron chi connectivity index (χ1n) is 13.9.